The molecular formula is C52H30N4. The van der Waals surface area contributed by atoms with Crippen LogP contribution in [0.2, 0.25) is 0 Å². The summed E-state index contributed by atoms with van der Waals surface area (Å²) in [6.45, 7) is 0. The standard InChI is InChI=1S/C52H30N4/c1-2-12-31(13-3-1)32-24-26-34(27-25-32)48-41-29-28-33-14-4-6-16-36(33)49(41)54-52(53-48)56-45-23-11-22-44-47(45)46-42(30-35-15-5-7-17-37(35)51(46)56)40-20-10-19-39-38-18-8-9-21-43(38)55(44)50(39)40/h1-30H. The lowest BCUT2D eigenvalue weighted by atomic mass is 9.99. The molecule has 4 aromatic heterocycles. The zero-order valence-electron chi connectivity index (χ0n) is 30.1. The first-order valence-corrected chi connectivity index (χ1v) is 19.2. The zero-order chi connectivity index (χ0) is 36.5. The molecule has 13 aromatic rings. The van der Waals surface area contributed by atoms with Gasteiger partial charge in [-0.15, -0.1) is 0 Å². The summed E-state index contributed by atoms with van der Waals surface area (Å²) < 4.78 is 4.84. The monoisotopic (exact) mass is 710 g/mol. The smallest absolute Gasteiger partial charge is 0.235 e. The summed E-state index contributed by atoms with van der Waals surface area (Å²) in [5.74, 6) is 0.659. The van der Waals surface area contributed by atoms with Crippen molar-refractivity contribution in [3.05, 3.63) is 182 Å². The second kappa shape index (κ2) is 11.0. The quantitative estimate of drug-likeness (QED) is 0.171. The molecule has 0 amide bonds. The van der Waals surface area contributed by atoms with Crippen LogP contribution < -0.4 is 0 Å². The van der Waals surface area contributed by atoms with Crippen LogP contribution in [0.5, 0.6) is 0 Å². The molecule has 0 unspecified atom stereocenters. The maximum atomic E-state index is 5.60. The highest BCUT2D eigenvalue weighted by atomic mass is 15.2. The number of aromatic nitrogens is 4. The molecule has 0 bridgehead atoms. The van der Waals surface area contributed by atoms with Gasteiger partial charge in [0.1, 0.15) is 0 Å². The van der Waals surface area contributed by atoms with Crippen molar-refractivity contribution in [1.82, 2.24) is 18.9 Å². The minimum absolute atomic E-state index is 0.659. The van der Waals surface area contributed by atoms with Crippen molar-refractivity contribution in [2.24, 2.45) is 0 Å². The minimum atomic E-state index is 0.659. The molecule has 0 atom stereocenters. The van der Waals surface area contributed by atoms with Gasteiger partial charge < -0.3 is 4.40 Å². The molecule has 9 aromatic carbocycles. The number of benzene rings is 9. The van der Waals surface area contributed by atoms with Crippen LogP contribution in [0.25, 0.3) is 121 Å². The van der Waals surface area contributed by atoms with Crippen molar-refractivity contribution >= 4 is 92.3 Å². The van der Waals surface area contributed by atoms with E-state index >= 15 is 0 Å². The average molecular weight is 711 g/mol. The summed E-state index contributed by atoms with van der Waals surface area (Å²) in [6, 6.07) is 65.8. The Labute approximate surface area is 320 Å². The lowest BCUT2D eigenvalue weighted by Gasteiger charge is -2.15. The van der Waals surface area contributed by atoms with Gasteiger partial charge in [-0.3, -0.25) is 4.57 Å². The van der Waals surface area contributed by atoms with Crippen molar-refractivity contribution < 1.29 is 0 Å². The molecule has 56 heavy (non-hydrogen) atoms. The van der Waals surface area contributed by atoms with Crippen molar-refractivity contribution in [2.75, 3.05) is 0 Å². The summed E-state index contributed by atoms with van der Waals surface area (Å²) >= 11 is 0. The molecule has 0 fully saturated rings. The first kappa shape index (κ1) is 29.8. The lowest BCUT2D eigenvalue weighted by Crippen LogP contribution is -2.04. The zero-order valence-corrected chi connectivity index (χ0v) is 30.1. The summed E-state index contributed by atoms with van der Waals surface area (Å²) in [7, 11) is 0. The molecule has 0 aliphatic carbocycles. The number of para-hydroxylation sites is 2. The molecule has 258 valence electrons. The second-order valence-corrected chi connectivity index (χ2v) is 14.9. The molecule has 0 saturated carbocycles. The van der Waals surface area contributed by atoms with Crippen LogP contribution in [0.4, 0.5) is 0 Å². The Kier molecular flexibility index (Phi) is 5.86. The van der Waals surface area contributed by atoms with E-state index in [0.717, 1.165) is 44.0 Å². The van der Waals surface area contributed by atoms with E-state index in [4.69, 9.17) is 9.97 Å². The average Bonchev–Trinajstić information content (AvgIpc) is 3.76. The fraction of sp³-hybridized carbons (Fsp3) is 0. The van der Waals surface area contributed by atoms with E-state index in [-0.39, 0.29) is 0 Å². The van der Waals surface area contributed by atoms with Gasteiger partial charge >= 0.3 is 0 Å². The van der Waals surface area contributed by atoms with Gasteiger partial charge in [-0.25, -0.2) is 9.97 Å². The van der Waals surface area contributed by atoms with Gasteiger partial charge in [0, 0.05) is 48.7 Å². The number of hydrogen-bond acceptors (Lipinski definition) is 2. The molecule has 4 heteroatoms. The van der Waals surface area contributed by atoms with Gasteiger partial charge in [0.15, 0.2) is 0 Å². The molecule has 13 rings (SSSR count). The first-order valence-electron chi connectivity index (χ1n) is 19.2. The topological polar surface area (TPSA) is 35.1 Å². The van der Waals surface area contributed by atoms with Crippen LogP contribution in [0.15, 0.2) is 182 Å². The molecule has 0 saturated heterocycles. The van der Waals surface area contributed by atoms with Crippen LogP contribution in [-0.2, 0) is 0 Å². The van der Waals surface area contributed by atoms with E-state index in [2.05, 4.69) is 191 Å². The SMILES string of the molecule is c1ccc(-c2ccc(-c3nc(-n4c5cccc6c5c5c(cc7ccccc7c54)c4cccc5c7ccccc7n6c45)nc4c3ccc3ccccc34)cc2)cc1. The summed E-state index contributed by atoms with van der Waals surface area (Å²) in [5, 5.41) is 13.1. The van der Waals surface area contributed by atoms with Gasteiger partial charge in [-0.05, 0) is 57.6 Å². The third-order valence-corrected chi connectivity index (χ3v) is 12.0. The highest BCUT2D eigenvalue weighted by molar-refractivity contribution is 6.35. The minimum Gasteiger partial charge on any atom is -0.308 e. The maximum Gasteiger partial charge on any atom is 0.235 e. The van der Waals surface area contributed by atoms with Gasteiger partial charge in [0.25, 0.3) is 0 Å². The molecule has 0 aliphatic rings. The van der Waals surface area contributed by atoms with Crippen LogP contribution >= 0.6 is 0 Å². The van der Waals surface area contributed by atoms with Crippen molar-refractivity contribution in [1.29, 1.82) is 0 Å². The second-order valence-electron chi connectivity index (χ2n) is 14.9. The first-order chi connectivity index (χ1) is 27.8. The molecule has 0 spiro atoms. The highest BCUT2D eigenvalue weighted by Crippen LogP contribution is 2.46. The number of fused-ring (bicyclic) bond motifs is 10. The van der Waals surface area contributed by atoms with Crippen molar-refractivity contribution in [3.8, 4) is 28.3 Å². The van der Waals surface area contributed by atoms with Crippen LogP contribution in [0, 0.1) is 0 Å². The Bertz CT molecular complexity index is 3740. The van der Waals surface area contributed by atoms with Crippen molar-refractivity contribution in [2.45, 2.75) is 0 Å². The van der Waals surface area contributed by atoms with E-state index in [1.165, 1.54) is 70.8 Å². The predicted molar refractivity (Wildman–Crippen MR) is 234 cm³/mol. The third kappa shape index (κ3) is 3.92. The Hall–Kier alpha value is -7.56. The summed E-state index contributed by atoms with van der Waals surface area (Å²) in [6.07, 6.45) is 0. The molecular weight excluding hydrogens is 681 g/mol. The fourth-order valence-electron chi connectivity index (χ4n) is 9.62. The Morgan fingerprint density at radius 2 is 0.964 bits per heavy atom. The van der Waals surface area contributed by atoms with Crippen LogP contribution in [0.3, 0.4) is 0 Å². The summed E-state index contributed by atoms with van der Waals surface area (Å²) in [5.41, 5.74) is 11.1. The molecule has 0 N–H and O–H groups in total. The number of nitrogens with zero attached hydrogens (tertiary/aromatic N) is 4. The lowest BCUT2D eigenvalue weighted by molar-refractivity contribution is 1.02. The molecule has 0 aliphatic heterocycles. The van der Waals surface area contributed by atoms with Gasteiger partial charge in [-0.2, -0.15) is 0 Å². The van der Waals surface area contributed by atoms with E-state index < -0.39 is 0 Å². The van der Waals surface area contributed by atoms with Crippen LogP contribution in [0.1, 0.15) is 0 Å². The highest BCUT2D eigenvalue weighted by Gasteiger charge is 2.25. The maximum absolute atomic E-state index is 5.60. The van der Waals surface area contributed by atoms with Crippen molar-refractivity contribution in [3.63, 3.8) is 0 Å². The van der Waals surface area contributed by atoms with E-state index in [1.807, 2.05) is 0 Å². The molecule has 4 heterocycles. The number of rotatable bonds is 3. The van der Waals surface area contributed by atoms with E-state index in [9.17, 15) is 0 Å². The largest absolute Gasteiger partial charge is 0.308 e. The van der Waals surface area contributed by atoms with E-state index in [1.54, 1.807) is 0 Å². The molecule has 4 nitrogen and oxygen atoms in total. The van der Waals surface area contributed by atoms with Gasteiger partial charge in [0.05, 0.1) is 38.8 Å². The third-order valence-electron chi connectivity index (χ3n) is 12.0. The predicted octanol–water partition coefficient (Wildman–Crippen LogP) is 13.5. The van der Waals surface area contributed by atoms with Gasteiger partial charge in [-0.1, -0.05) is 152 Å². The van der Waals surface area contributed by atoms with Crippen LogP contribution in [-0.4, -0.2) is 18.9 Å². The normalized spacial score (nSPS) is 12.3. The molecule has 0 radical (unpaired) electrons. The Morgan fingerprint density at radius 3 is 1.82 bits per heavy atom. The Morgan fingerprint density at radius 1 is 0.339 bits per heavy atom. The summed E-state index contributed by atoms with van der Waals surface area (Å²) in [4.78, 5) is 11.2. The van der Waals surface area contributed by atoms with Gasteiger partial charge in [0.2, 0.25) is 5.95 Å². The number of hydrogen-bond donors (Lipinski definition) is 0. The Balaban J connectivity index is 1.23. The fourth-order valence-corrected chi connectivity index (χ4v) is 9.62. The van der Waals surface area contributed by atoms with E-state index in [0.29, 0.717) is 5.95 Å².